The fourth-order valence-electron chi connectivity index (χ4n) is 1.49. The second-order valence-corrected chi connectivity index (χ2v) is 5.50. The summed E-state index contributed by atoms with van der Waals surface area (Å²) in [6.07, 6.45) is -4.36. The average molecular weight is 340 g/mol. The molecule has 1 aromatic rings. The molecule has 0 spiro atoms. The van der Waals surface area contributed by atoms with Crippen molar-refractivity contribution in [2.75, 3.05) is 25.1 Å². The highest BCUT2D eigenvalue weighted by atomic mass is 79.9. The van der Waals surface area contributed by atoms with E-state index in [-0.39, 0.29) is 5.69 Å². The Morgan fingerprint density at radius 1 is 1.32 bits per heavy atom. The summed E-state index contributed by atoms with van der Waals surface area (Å²) in [4.78, 5) is 0. The SMILES string of the molecule is CC(C)COCCNc1cc(Br)ccc1C(F)(F)F. The fraction of sp³-hybridized carbons (Fsp3) is 0.538. The van der Waals surface area contributed by atoms with Crippen LogP contribution < -0.4 is 5.32 Å². The van der Waals surface area contributed by atoms with Crippen molar-refractivity contribution in [1.82, 2.24) is 0 Å². The summed E-state index contributed by atoms with van der Waals surface area (Å²) in [5.41, 5.74) is -0.602. The molecule has 0 aliphatic rings. The highest BCUT2D eigenvalue weighted by Gasteiger charge is 2.33. The first kappa shape index (κ1) is 16.3. The number of halogens is 4. The van der Waals surface area contributed by atoms with Gasteiger partial charge in [0.15, 0.2) is 0 Å². The van der Waals surface area contributed by atoms with Crippen molar-refractivity contribution in [2.45, 2.75) is 20.0 Å². The van der Waals surface area contributed by atoms with E-state index in [1.165, 1.54) is 12.1 Å². The number of hydrogen-bond donors (Lipinski definition) is 1. The lowest BCUT2D eigenvalue weighted by molar-refractivity contribution is -0.137. The molecule has 0 aromatic heterocycles. The molecule has 0 radical (unpaired) electrons. The summed E-state index contributed by atoms with van der Waals surface area (Å²) < 4.78 is 44.2. The molecule has 0 saturated heterocycles. The molecule has 108 valence electrons. The largest absolute Gasteiger partial charge is 0.418 e. The number of nitrogens with one attached hydrogen (secondary N) is 1. The van der Waals surface area contributed by atoms with Crippen LogP contribution in [0.15, 0.2) is 22.7 Å². The summed E-state index contributed by atoms with van der Waals surface area (Å²) >= 11 is 3.17. The molecule has 1 rings (SSSR count). The fourth-order valence-corrected chi connectivity index (χ4v) is 1.85. The highest BCUT2D eigenvalue weighted by molar-refractivity contribution is 9.10. The first-order valence-corrected chi connectivity index (χ1v) is 6.78. The van der Waals surface area contributed by atoms with E-state index in [1.54, 1.807) is 0 Å². The average Bonchev–Trinajstić information content (AvgIpc) is 2.26. The minimum atomic E-state index is -4.36. The van der Waals surface area contributed by atoms with Gasteiger partial charge in [0.2, 0.25) is 0 Å². The van der Waals surface area contributed by atoms with Gasteiger partial charge in [-0.1, -0.05) is 29.8 Å². The predicted molar refractivity (Wildman–Crippen MR) is 73.3 cm³/mol. The zero-order valence-corrected chi connectivity index (χ0v) is 12.4. The molecular weight excluding hydrogens is 323 g/mol. The molecule has 0 atom stereocenters. The third-order valence-electron chi connectivity index (χ3n) is 2.30. The van der Waals surface area contributed by atoms with Gasteiger partial charge in [0.1, 0.15) is 0 Å². The van der Waals surface area contributed by atoms with E-state index in [2.05, 4.69) is 21.2 Å². The molecule has 0 unspecified atom stereocenters. The van der Waals surface area contributed by atoms with E-state index in [1.807, 2.05) is 13.8 Å². The van der Waals surface area contributed by atoms with Crippen molar-refractivity contribution in [3.63, 3.8) is 0 Å². The molecule has 1 N–H and O–H groups in total. The van der Waals surface area contributed by atoms with Gasteiger partial charge in [-0.3, -0.25) is 0 Å². The summed E-state index contributed by atoms with van der Waals surface area (Å²) in [6.45, 7) is 5.35. The Labute approximate surface area is 119 Å². The van der Waals surface area contributed by atoms with Crippen molar-refractivity contribution in [1.29, 1.82) is 0 Å². The van der Waals surface area contributed by atoms with Gasteiger partial charge in [0.25, 0.3) is 0 Å². The van der Waals surface area contributed by atoms with Gasteiger partial charge in [0.05, 0.1) is 12.2 Å². The summed E-state index contributed by atoms with van der Waals surface area (Å²) in [6, 6.07) is 3.86. The summed E-state index contributed by atoms with van der Waals surface area (Å²) in [7, 11) is 0. The summed E-state index contributed by atoms with van der Waals surface area (Å²) in [5, 5.41) is 2.76. The second kappa shape index (κ2) is 7.14. The van der Waals surface area contributed by atoms with Gasteiger partial charge in [-0.25, -0.2) is 0 Å². The Kier molecular flexibility index (Phi) is 6.13. The molecule has 6 heteroatoms. The molecule has 0 bridgehead atoms. The summed E-state index contributed by atoms with van der Waals surface area (Å²) in [5.74, 6) is 0.414. The van der Waals surface area contributed by atoms with Crippen LogP contribution in [0.4, 0.5) is 18.9 Å². The number of anilines is 1. The van der Waals surface area contributed by atoms with Crippen LogP contribution in [-0.2, 0) is 10.9 Å². The molecule has 19 heavy (non-hydrogen) atoms. The van der Waals surface area contributed by atoms with Gasteiger partial charge in [-0.2, -0.15) is 13.2 Å². The first-order chi connectivity index (χ1) is 8.80. The van der Waals surface area contributed by atoms with Crippen molar-refractivity contribution >= 4 is 21.6 Å². The van der Waals surface area contributed by atoms with Crippen molar-refractivity contribution in [3.05, 3.63) is 28.2 Å². The third-order valence-corrected chi connectivity index (χ3v) is 2.79. The zero-order valence-electron chi connectivity index (χ0n) is 10.9. The topological polar surface area (TPSA) is 21.3 Å². The number of hydrogen-bond acceptors (Lipinski definition) is 2. The van der Waals surface area contributed by atoms with E-state index in [9.17, 15) is 13.2 Å². The number of ether oxygens (including phenoxy) is 1. The quantitative estimate of drug-likeness (QED) is 0.767. The molecule has 0 amide bonds. The van der Waals surface area contributed by atoms with Gasteiger partial charge in [0, 0.05) is 23.3 Å². The zero-order chi connectivity index (χ0) is 14.5. The standard InChI is InChI=1S/C13H17BrF3NO/c1-9(2)8-19-6-5-18-12-7-10(14)3-4-11(12)13(15,16)17/h3-4,7,9,18H,5-6,8H2,1-2H3. The minimum Gasteiger partial charge on any atom is -0.382 e. The molecule has 2 nitrogen and oxygen atoms in total. The van der Waals surface area contributed by atoms with Gasteiger partial charge in [-0.15, -0.1) is 0 Å². The molecule has 1 aromatic carbocycles. The van der Waals surface area contributed by atoms with E-state index in [0.717, 1.165) is 6.07 Å². The molecule has 0 aliphatic carbocycles. The van der Waals surface area contributed by atoms with E-state index in [0.29, 0.717) is 30.1 Å². The van der Waals surface area contributed by atoms with Crippen LogP contribution in [0.2, 0.25) is 0 Å². The van der Waals surface area contributed by atoms with Gasteiger partial charge < -0.3 is 10.1 Å². The van der Waals surface area contributed by atoms with Crippen molar-refractivity contribution < 1.29 is 17.9 Å². The molecule has 0 fully saturated rings. The highest BCUT2D eigenvalue weighted by Crippen LogP contribution is 2.36. The van der Waals surface area contributed by atoms with Crippen molar-refractivity contribution in [2.24, 2.45) is 5.92 Å². The lowest BCUT2D eigenvalue weighted by Gasteiger charge is -2.15. The van der Waals surface area contributed by atoms with Gasteiger partial charge in [-0.05, 0) is 24.1 Å². The molecule has 0 aliphatic heterocycles. The van der Waals surface area contributed by atoms with Crippen molar-refractivity contribution in [3.8, 4) is 0 Å². The Bertz CT molecular complexity index is 407. The minimum absolute atomic E-state index is 0.0648. The Morgan fingerprint density at radius 2 is 2.00 bits per heavy atom. The number of alkyl halides is 3. The second-order valence-electron chi connectivity index (χ2n) is 4.58. The van der Waals surface area contributed by atoms with Crippen LogP contribution >= 0.6 is 15.9 Å². The molecule has 0 heterocycles. The third kappa shape index (κ3) is 5.82. The molecular formula is C13H17BrF3NO. The normalized spacial score (nSPS) is 11.9. The lowest BCUT2D eigenvalue weighted by Crippen LogP contribution is -2.15. The van der Waals surface area contributed by atoms with Gasteiger partial charge >= 0.3 is 6.18 Å². The number of benzene rings is 1. The Hall–Kier alpha value is -0.750. The van der Waals surface area contributed by atoms with Crippen LogP contribution in [0.25, 0.3) is 0 Å². The van der Waals surface area contributed by atoms with Crippen LogP contribution in [-0.4, -0.2) is 19.8 Å². The van der Waals surface area contributed by atoms with Crippen LogP contribution in [0.5, 0.6) is 0 Å². The maximum Gasteiger partial charge on any atom is 0.418 e. The monoisotopic (exact) mass is 339 g/mol. The predicted octanol–water partition coefficient (Wildman–Crippen LogP) is 4.55. The Morgan fingerprint density at radius 3 is 2.58 bits per heavy atom. The number of rotatable bonds is 6. The van der Waals surface area contributed by atoms with E-state index < -0.39 is 11.7 Å². The lowest BCUT2D eigenvalue weighted by atomic mass is 10.1. The maximum absolute atomic E-state index is 12.8. The van der Waals surface area contributed by atoms with Crippen LogP contribution in [0.3, 0.4) is 0 Å². The van der Waals surface area contributed by atoms with E-state index >= 15 is 0 Å². The first-order valence-electron chi connectivity index (χ1n) is 5.99. The smallest absolute Gasteiger partial charge is 0.382 e. The Balaban J connectivity index is 2.59. The van der Waals surface area contributed by atoms with Crippen LogP contribution in [0, 0.1) is 5.92 Å². The van der Waals surface area contributed by atoms with E-state index in [4.69, 9.17) is 4.74 Å². The molecule has 0 saturated carbocycles. The maximum atomic E-state index is 12.8. The van der Waals surface area contributed by atoms with Crippen LogP contribution in [0.1, 0.15) is 19.4 Å².